The molecule has 0 aliphatic carbocycles. The lowest BCUT2D eigenvalue weighted by atomic mass is 10.1. The first-order valence-electron chi connectivity index (χ1n) is 10.3. The number of methoxy groups -OCH3 is 1. The van der Waals surface area contributed by atoms with Crippen molar-refractivity contribution < 1.29 is 27.8 Å². The average molecular weight is 457 g/mol. The summed E-state index contributed by atoms with van der Waals surface area (Å²) in [4.78, 5) is 24.0. The largest absolute Gasteiger partial charge is 0.469 e. The van der Waals surface area contributed by atoms with Gasteiger partial charge in [-0.1, -0.05) is 18.2 Å². The number of esters is 1. The molecule has 0 aliphatic heterocycles. The Morgan fingerprint density at radius 1 is 1.09 bits per heavy atom. The van der Waals surface area contributed by atoms with Crippen LogP contribution in [-0.4, -0.2) is 35.4 Å². The van der Waals surface area contributed by atoms with E-state index in [4.69, 9.17) is 4.74 Å². The Morgan fingerprint density at radius 2 is 1.79 bits per heavy atom. The van der Waals surface area contributed by atoms with Gasteiger partial charge in [0.15, 0.2) is 0 Å². The molecule has 0 atom stereocenters. The summed E-state index contributed by atoms with van der Waals surface area (Å²) >= 11 is 0. The molecule has 0 saturated heterocycles. The highest BCUT2D eigenvalue weighted by Crippen LogP contribution is 2.21. The van der Waals surface area contributed by atoms with Gasteiger partial charge in [-0.05, 0) is 56.2 Å². The van der Waals surface area contributed by atoms with Crippen LogP contribution >= 0.6 is 0 Å². The van der Waals surface area contributed by atoms with Gasteiger partial charge in [0, 0.05) is 29.8 Å². The third kappa shape index (κ3) is 5.94. The monoisotopic (exact) mass is 457 g/mol. The van der Waals surface area contributed by atoms with E-state index in [2.05, 4.69) is 15.2 Å². The Labute approximate surface area is 190 Å². The lowest BCUT2D eigenvalue weighted by Gasteiger charge is -2.12. The molecule has 0 fully saturated rings. The number of aromatic nitrogens is 2. The molecule has 1 aromatic heterocycles. The molecule has 1 N–H and O–H groups in total. The summed E-state index contributed by atoms with van der Waals surface area (Å²) in [5, 5.41) is 7.27. The predicted octanol–water partition coefficient (Wildman–Crippen LogP) is 4.13. The Balaban J connectivity index is 1.68. The minimum Gasteiger partial charge on any atom is -0.469 e. The molecule has 1 heterocycles. The number of aryl methyl sites for hydroxylation is 1. The summed E-state index contributed by atoms with van der Waals surface area (Å²) in [6, 6.07) is 13.2. The van der Waals surface area contributed by atoms with Crippen molar-refractivity contribution in [3.8, 4) is 11.4 Å². The number of halogens is 2. The lowest BCUT2D eigenvalue weighted by molar-refractivity contribution is -0.140. The number of benzene rings is 2. The van der Waals surface area contributed by atoms with Gasteiger partial charge in [-0.2, -0.15) is 13.9 Å². The lowest BCUT2D eigenvalue weighted by Crippen LogP contribution is -2.23. The number of hydrogen-bond acceptors (Lipinski definition) is 5. The van der Waals surface area contributed by atoms with Crippen LogP contribution in [0, 0.1) is 13.8 Å². The molecule has 3 rings (SSSR count). The maximum atomic E-state index is 12.6. The molecular formula is C24H25F2N3O4. The van der Waals surface area contributed by atoms with Crippen LogP contribution in [0.1, 0.15) is 39.3 Å². The van der Waals surface area contributed by atoms with Gasteiger partial charge < -0.3 is 14.8 Å². The molecule has 0 bridgehead atoms. The number of hydrogen-bond donors (Lipinski definition) is 1. The van der Waals surface area contributed by atoms with Crippen LogP contribution in [0.2, 0.25) is 0 Å². The second-order valence-electron chi connectivity index (χ2n) is 7.35. The molecule has 0 spiro atoms. The van der Waals surface area contributed by atoms with Crippen molar-refractivity contribution in [3.63, 3.8) is 0 Å². The number of amides is 1. The fraction of sp³-hybridized carbons (Fsp3) is 0.292. The summed E-state index contributed by atoms with van der Waals surface area (Å²) in [5.74, 6) is -0.600. The van der Waals surface area contributed by atoms with Crippen molar-refractivity contribution in [2.75, 3.05) is 7.11 Å². The van der Waals surface area contributed by atoms with E-state index in [0.29, 0.717) is 17.5 Å². The smallest absolute Gasteiger partial charge is 0.387 e. The van der Waals surface area contributed by atoms with E-state index in [1.807, 2.05) is 13.8 Å². The van der Waals surface area contributed by atoms with Crippen molar-refractivity contribution in [2.24, 2.45) is 0 Å². The third-order valence-corrected chi connectivity index (χ3v) is 5.25. The van der Waals surface area contributed by atoms with E-state index in [-0.39, 0.29) is 30.6 Å². The molecule has 0 radical (unpaired) electrons. The molecule has 0 saturated carbocycles. The molecule has 174 valence electrons. The molecule has 33 heavy (non-hydrogen) atoms. The maximum Gasteiger partial charge on any atom is 0.387 e. The SMILES string of the molecule is COC(=O)CCc1c(C)nn(-c2ccc(C(=O)NCc3ccccc3OC(F)F)cc2)c1C. The third-order valence-electron chi connectivity index (χ3n) is 5.25. The summed E-state index contributed by atoms with van der Waals surface area (Å²) in [6.45, 7) is 0.911. The van der Waals surface area contributed by atoms with Crippen LogP contribution in [0.3, 0.4) is 0 Å². The van der Waals surface area contributed by atoms with Gasteiger partial charge >= 0.3 is 12.6 Å². The fourth-order valence-electron chi connectivity index (χ4n) is 3.51. The van der Waals surface area contributed by atoms with Gasteiger partial charge in [-0.3, -0.25) is 9.59 Å². The number of para-hydroxylation sites is 1. The molecule has 0 unspecified atom stereocenters. The van der Waals surface area contributed by atoms with Crippen molar-refractivity contribution in [1.82, 2.24) is 15.1 Å². The van der Waals surface area contributed by atoms with E-state index >= 15 is 0 Å². The number of carbonyl (C=O) groups excluding carboxylic acids is 2. The molecule has 9 heteroatoms. The second kappa shape index (κ2) is 10.7. The minimum atomic E-state index is -2.94. The van der Waals surface area contributed by atoms with Gasteiger partial charge in [-0.25, -0.2) is 4.68 Å². The average Bonchev–Trinajstić information content (AvgIpc) is 3.09. The Kier molecular flexibility index (Phi) is 7.76. The van der Waals surface area contributed by atoms with Gasteiger partial charge in [-0.15, -0.1) is 0 Å². The van der Waals surface area contributed by atoms with Crippen LogP contribution in [0.5, 0.6) is 5.75 Å². The summed E-state index contributed by atoms with van der Waals surface area (Å²) in [5.41, 5.74) is 4.34. The quantitative estimate of drug-likeness (QED) is 0.489. The van der Waals surface area contributed by atoms with Crippen molar-refractivity contribution >= 4 is 11.9 Å². The highest BCUT2D eigenvalue weighted by atomic mass is 19.3. The number of alkyl halides is 2. The maximum absolute atomic E-state index is 12.6. The van der Waals surface area contributed by atoms with Gasteiger partial charge in [0.05, 0.1) is 18.5 Å². The second-order valence-corrected chi connectivity index (χ2v) is 7.35. The van der Waals surface area contributed by atoms with Gasteiger partial charge in [0.25, 0.3) is 5.91 Å². The first-order valence-corrected chi connectivity index (χ1v) is 10.3. The zero-order chi connectivity index (χ0) is 24.0. The van der Waals surface area contributed by atoms with E-state index < -0.39 is 6.61 Å². The van der Waals surface area contributed by atoms with E-state index in [0.717, 1.165) is 22.6 Å². The van der Waals surface area contributed by atoms with Crippen LogP contribution < -0.4 is 10.1 Å². The topological polar surface area (TPSA) is 82.5 Å². The van der Waals surface area contributed by atoms with E-state index in [1.165, 1.54) is 13.2 Å². The van der Waals surface area contributed by atoms with Crippen LogP contribution in [0.4, 0.5) is 8.78 Å². The molecule has 0 aliphatic rings. The zero-order valence-corrected chi connectivity index (χ0v) is 18.6. The first-order chi connectivity index (χ1) is 15.8. The number of carbonyl (C=O) groups is 2. The highest BCUT2D eigenvalue weighted by molar-refractivity contribution is 5.94. The molecule has 7 nitrogen and oxygen atoms in total. The van der Waals surface area contributed by atoms with E-state index in [9.17, 15) is 18.4 Å². The number of rotatable bonds is 9. The van der Waals surface area contributed by atoms with Crippen molar-refractivity contribution in [2.45, 2.75) is 39.8 Å². The zero-order valence-electron chi connectivity index (χ0n) is 18.6. The highest BCUT2D eigenvalue weighted by Gasteiger charge is 2.15. The molecule has 1 amide bonds. The number of nitrogens with zero attached hydrogens (tertiary/aromatic N) is 2. The Bertz CT molecular complexity index is 1130. The fourth-order valence-corrected chi connectivity index (χ4v) is 3.51. The normalized spacial score (nSPS) is 10.8. The number of nitrogens with one attached hydrogen (secondary N) is 1. The van der Waals surface area contributed by atoms with Crippen molar-refractivity contribution in [1.29, 1.82) is 0 Å². The van der Waals surface area contributed by atoms with Crippen LogP contribution in [0.15, 0.2) is 48.5 Å². The van der Waals surface area contributed by atoms with Gasteiger partial charge in [0.1, 0.15) is 5.75 Å². The Morgan fingerprint density at radius 3 is 2.45 bits per heavy atom. The standard InChI is InChI=1S/C24H25F2N3O4/c1-15-20(12-13-22(30)32-3)16(2)29(28-15)19-10-8-17(9-11-19)23(31)27-14-18-6-4-5-7-21(18)33-24(25)26/h4-11,24H,12-14H2,1-3H3,(H,27,31). The van der Waals surface area contributed by atoms with E-state index in [1.54, 1.807) is 47.1 Å². The molecular weight excluding hydrogens is 432 g/mol. The molecule has 2 aromatic carbocycles. The van der Waals surface area contributed by atoms with Gasteiger partial charge in [0.2, 0.25) is 0 Å². The van der Waals surface area contributed by atoms with Crippen LogP contribution in [0.25, 0.3) is 5.69 Å². The molecule has 3 aromatic rings. The van der Waals surface area contributed by atoms with Crippen LogP contribution in [-0.2, 0) is 22.5 Å². The minimum absolute atomic E-state index is 0.0238. The predicted molar refractivity (Wildman–Crippen MR) is 118 cm³/mol. The first kappa shape index (κ1) is 23.9. The Hall–Kier alpha value is -3.75. The summed E-state index contributed by atoms with van der Waals surface area (Å²) in [7, 11) is 1.36. The van der Waals surface area contributed by atoms with Crippen molar-refractivity contribution in [3.05, 3.63) is 76.6 Å². The number of ether oxygens (including phenoxy) is 2. The summed E-state index contributed by atoms with van der Waals surface area (Å²) in [6.07, 6.45) is 0.802. The summed E-state index contributed by atoms with van der Waals surface area (Å²) < 4.78 is 36.1.